The van der Waals surface area contributed by atoms with E-state index in [4.69, 9.17) is 0 Å². The molecule has 25 heavy (non-hydrogen) atoms. The molecule has 1 aliphatic heterocycles. The van der Waals surface area contributed by atoms with Crippen molar-refractivity contribution in [1.29, 1.82) is 0 Å². The molecule has 2 aromatic carbocycles. The molecule has 124 valence electrons. The van der Waals surface area contributed by atoms with Gasteiger partial charge in [-0.1, -0.05) is 24.3 Å². The molecule has 1 amide bonds. The summed E-state index contributed by atoms with van der Waals surface area (Å²) in [7, 11) is 0. The number of aromatic nitrogens is 2. The molecule has 0 radical (unpaired) electrons. The summed E-state index contributed by atoms with van der Waals surface area (Å²) >= 11 is 0. The molecule has 0 bridgehead atoms. The van der Waals surface area contributed by atoms with Crippen molar-refractivity contribution >= 4 is 23.2 Å². The number of carbonyl (C=O) groups excluding carboxylic acids is 1. The fourth-order valence-corrected chi connectivity index (χ4v) is 3.24. The summed E-state index contributed by atoms with van der Waals surface area (Å²) in [6.07, 6.45) is 4.23. The van der Waals surface area contributed by atoms with Crippen molar-refractivity contribution in [2.75, 3.05) is 10.2 Å². The number of hydrogen-bond donors (Lipinski definition) is 1. The minimum absolute atomic E-state index is 0.00933. The number of nitrogens with zero attached hydrogens (tertiary/aromatic N) is 3. The Morgan fingerprint density at radius 3 is 2.72 bits per heavy atom. The first kappa shape index (κ1) is 15.3. The third kappa shape index (κ3) is 2.96. The van der Waals surface area contributed by atoms with Crippen LogP contribution in [0.2, 0.25) is 0 Å². The Morgan fingerprint density at radius 2 is 1.88 bits per heavy atom. The van der Waals surface area contributed by atoms with E-state index in [-0.39, 0.29) is 11.9 Å². The van der Waals surface area contributed by atoms with Crippen molar-refractivity contribution in [3.8, 4) is 0 Å². The summed E-state index contributed by atoms with van der Waals surface area (Å²) in [5, 5.41) is 3.13. The summed E-state index contributed by atoms with van der Waals surface area (Å²) in [5.74, 6) is 0.516. The van der Waals surface area contributed by atoms with E-state index in [0.717, 1.165) is 17.8 Å². The van der Waals surface area contributed by atoms with Crippen LogP contribution in [0.1, 0.15) is 22.8 Å². The van der Waals surface area contributed by atoms with Gasteiger partial charge in [-0.05, 0) is 49.2 Å². The lowest BCUT2D eigenvalue weighted by Crippen LogP contribution is -2.35. The number of rotatable bonds is 3. The molecular weight excluding hydrogens is 312 g/mol. The minimum Gasteiger partial charge on any atom is -0.324 e. The second-order valence-corrected chi connectivity index (χ2v) is 6.14. The Morgan fingerprint density at radius 1 is 1.08 bits per heavy atom. The summed E-state index contributed by atoms with van der Waals surface area (Å²) in [5.41, 5.74) is 3.65. The van der Waals surface area contributed by atoms with Crippen LogP contribution in [-0.2, 0) is 6.42 Å². The molecule has 5 nitrogen and oxygen atoms in total. The molecule has 1 aromatic heterocycles. The van der Waals surface area contributed by atoms with Crippen molar-refractivity contribution < 1.29 is 4.79 Å². The van der Waals surface area contributed by atoms with Crippen molar-refractivity contribution in [2.45, 2.75) is 19.4 Å². The van der Waals surface area contributed by atoms with E-state index in [2.05, 4.69) is 28.3 Å². The number of anilines is 3. The van der Waals surface area contributed by atoms with Crippen LogP contribution in [0.15, 0.2) is 67.0 Å². The summed E-state index contributed by atoms with van der Waals surface area (Å²) in [6, 6.07) is 17.4. The highest BCUT2D eigenvalue weighted by molar-refractivity contribution is 6.08. The maximum Gasteiger partial charge on any atom is 0.258 e. The Kier molecular flexibility index (Phi) is 3.90. The minimum atomic E-state index is 0.00933. The van der Waals surface area contributed by atoms with Crippen LogP contribution in [0.3, 0.4) is 0 Å². The van der Waals surface area contributed by atoms with Crippen molar-refractivity contribution in [3.63, 3.8) is 0 Å². The van der Waals surface area contributed by atoms with Gasteiger partial charge in [-0.25, -0.2) is 9.97 Å². The van der Waals surface area contributed by atoms with E-state index in [1.165, 1.54) is 5.56 Å². The van der Waals surface area contributed by atoms with Crippen LogP contribution in [0.4, 0.5) is 17.3 Å². The Hall–Kier alpha value is -3.21. The second-order valence-electron chi connectivity index (χ2n) is 6.14. The van der Waals surface area contributed by atoms with E-state index in [1.807, 2.05) is 47.4 Å². The zero-order valence-corrected chi connectivity index (χ0v) is 13.9. The van der Waals surface area contributed by atoms with Crippen molar-refractivity contribution in [3.05, 3.63) is 78.1 Å². The van der Waals surface area contributed by atoms with Gasteiger partial charge in [0.15, 0.2) is 0 Å². The third-order valence-electron chi connectivity index (χ3n) is 4.36. The smallest absolute Gasteiger partial charge is 0.258 e. The molecule has 0 aliphatic carbocycles. The number of carbonyl (C=O) groups is 1. The lowest BCUT2D eigenvalue weighted by molar-refractivity contribution is 0.0981. The van der Waals surface area contributed by atoms with Crippen molar-refractivity contribution in [1.82, 2.24) is 9.97 Å². The van der Waals surface area contributed by atoms with E-state index in [1.54, 1.807) is 18.5 Å². The number of benzene rings is 2. The van der Waals surface area contributed by atoms with Crippen molar-refractivity contribution in [2.24, 2.45) is 0 Å². The van der Waals surface area contributed by atoms with Crippen LogP contribution < -0.4 is 10.2 Å². The Bertz CT molecular complexity index is 910. The predicted octanol–water partition coefficient (Wildman–Crippen LogP) is 3.81. The zero-order chi connectivity index (χ0) is 17.2. The highest BCUT2D eigenvalue weighted by Gasteiger charge is 2.31. The van der Waals surface area contributed by atoms with Crippen LogP contribution in [-0.4, -0.2) is 21.9 Å². The van der Waals surface area contributed by atoms with Gasteiger partial charge in [0.2, 0.25) is 5.95 Å². The average molecular weight is 330 g/mol. The van der Waals surface area contributed by atoms with Gasteiger partial charge in [-0.15, -0.1) is 0 Å². The van der Waals surface area contributed by atoms with Gasteiger partial charge in [0.1, 0.15) is 0 Å². The highest BCUT2D eigenvalue weighted by atomic mass is 16.2. The summed E-state index contributed by atoms with van der Waals surface area (Å²) < 4.78 is 0. The highest BCUT2D eigenvalue weighted by Crippen LogP contribution is 2.33. The maximum absolute atomic E-state index is 13.1. The number of fused-ring (bicyclic) bond motifs is 1. The number of amides is 1. The van der Waals surface area contributed by atoms with Gasteiger partial charge in [-0.2, -0.15) is 0 Å². The molecule has 2 heterocycles. The molecule has 0 saturated carbocycles. The molecule has 1 N–H and O–H groups in total. The third-order valence-corrected chi connectivity index (χ3v) is 4.36. The zero-order valence-electron chi connectivity index (χ0n) is 13.9. The summed E-state index contributed by atoms with van der Waals surface area (Å²) in [4.78, 5) is 23.3. The molecule has 0 unspecified atom stereocenters. The normalized spacial score (nSPS) is 15.7. The fourth-order valence-electron chi connectivity index (χ4n) is 3.24. The molecule has 5 heteroatoms. The molecule has 4 rings (SSSR count). The maximum atomic E-state index is 13.1. The monoisotopic (exact) mass is 330 g/mol. The van der Waals surface area contributed by atoms with Gasteiger partial charge in [-0.3, -0.25) is 4.79 Å². The van der Waals surface area contributed by atoms with E-state index >= 15 is 0 Å². The molecule has 0 spiro atoms. The van der Waals surface area contributed by atoms with Gasteiger partial charge in [0.05, 0.1) is 0 Å². The fraction of sp³-hybridized carbons (Fsp3) is 0.150. The molecule has 0 fully saturated rings. The lowest BCUT2D eigenvalue weighted by atomic mass is 10.1. The first-order valence-electron chi connectivity index (χ1n) is 8.28. The lowest BCUT2D eigenvalue weighted by Gasteiger charge is -2.23. The van der Waals surface area contributed by atoms with Gasteiger partial charge in [0, 0.05) is 35.4 Å². The standard InChI is InChI=1S/C20H18N4O/c1-14-12-15-6-2-3-9-18(15)24(14)19(25)16-7-4-8-17(13-16)23-20-21-10-5-11-22-20/h2-11,13-14H,12H2,1H3,(H,21,22,23)/t14-/m0/s1. The van der Waals surface area contributed by atoms with Crippen LogP contribution in [0.5, 0.6) is 0 Å². The van der Waals surface area contributed by atoms with Gasteiger partial charge < -0.3 is 10.2 Å². The molecular formula is C20H18N4O. The average Bonchev–Trinajstić information content (AvgIpc) is 2.98. The Labute approximate surface area is 146 Å². The SMILES string of the molecule is C[C@H]1Cc2ccccc2N1C(=O)c1cccc(Nc2ncccn2)c1. The van der Waals surface area contributed by atoms with E-state index in [0.29, 0.717) is 11.5 Å². The first-order chi connectivity index (χ1) is 12.2. The molecule has 1 atom stereocenters. The van der Waals surface area contributed by atoms with Gasteiger partial charge in [0.25, 0.3) is 5.91 Å². The number of hydrogen-bond acceptors (Lipinski definition) is 4. The number of para-hydroxylation sites is 1. The first-order valence-corrected chi connectivity index (χ1v) is 8.28. The predicted molar refractivity (Wildman–Crippen MR) is 98.2 cm³/mol. The van der Waals surface area contributed by atoms with E-state index < -0.39 is 0 Å². The Balaban J connectivity index is 1.62. The molecule has 0 saturated heterocycles. The van der Waals surface area contributed by atoms with E-state index in [9.17, 15) is 4.79 Å². The number of nitrogens with one attached hydrogen (secondary N) is 1. The molecule has 3 aromatic rings. The quantitative estimate of drug-likeness (QED) is 0.793. The van der Waals surface area contributed by atoms with Crippen LogP contribution in [0, 0.1) is 0 Å². The van der Waals surface area contributed by atoms with Gasteiger partial charge >= 0.3 is 0 Å². The van der Waals surface area contributed by atoms with Crippen LogP contribution >= 0.6 is 0 Å². The van der Waals surface area contributed by atoms with Crippen LogP contribution in [0.25, 0.3) is 0 Å². The molecule has 1 aliphatic rings. The topological polar surface area (TPSA) is 58.1 Å². The second kappa shape index (κ2) is 6.36. The summed E-state index contributed by atoms with van der Waals surface area (Å²) in [6.45, 7) is 2.08. The largest absolute Gasteiger partial charge is 0.324 e.